The summed E-state index contributed by atoms with van der Waals surface area (Å²) in [5.74, 6) is -0.450. The number of carboxylic acid groups (broad SMARTS) is 1. The van der Waals surface area contributed by atoms with Crippen molar-refractivity contribution in [1.82, 2.24) is 0 Å². The van der Waals surface area contributed by atoms with Crippen LogP contribution in [-0.4, -0.2) is 52.1 Å². The number of rotatable bonds is 14. The summed E-state index contributed by atoms with van der Waals surface area (Å²) in [6.45, 7) is 1.79. The molecule has 0 aliphatic heterocycles. The highest BCUT2D eigenvalue weighted by molar-refractivity contribution is 6.21. The average molecular weight is 405 g/mol. The van der Waals surface area contributed by atoms with E-state index in [0.717, 1.165) is 51.4 Å². The zero-order valence-electron chi connectivity index (χ0n) is 16.7. The maximum absolute atomic E-state index is 10.5. The zero-order chi connectivity index (χ0) is 20.2. The number of aliphatic hydroxyl groups is 2. The summed E-state index contributed by atoms with van der Waals surface area (Å²) >= 11 is 6.49. The lowest BCUT2D eigenvalue weighted by atomic mass is 9.88. The maximum Gasteiger partial charge on any atom is 0.303 e. The van der Waals surface area contributed by atoms with Gasteiger partial charge >= 0.3 is 5.97 Å². The predicted octanol–water partition coefficient (Wildman–Crippen LogP) is 4.14. The number of unbranched alkanes of at least 4 members (excludes halogenated alkanes) is 3. The van der Waals surface area contributed by atoms with Crippen LogP contribution in [0.1, 0.15) is 71.1 Å². The Kier molecular flexibility index (Phi) is 12.2. The summed E-state index contributed by atoms with van der Waals surface area (Å²) in [5, 5.41) is 28.4. The van der Waals surface area contributed by atoms with Crippen molar-refractivity contribution in [2.24, 2.45) is 11.8 Å². The number of methoxy groups -OCH3 is 1. The molecular weight excluding hydrogens is 368 g/mol. The number of aliphatic hydroxyl groups excluding tert-OH is 2. The van der Waals surface area contributed by atoms with E-state index in [1.165, 1.54) is 0 Å². The first-order valence-electron chi connectivity index (χ1n) is 10.3. The Morgan fingerprint density at radius 1 is 1.22 bits per heavy atom. The normalized spacial score (nSPS) is 27.9. The smallest absolute Gasteiger partial charge is 0.303 e. The summed E-state index contributed by atoms with van der Waals surface area (Å²) in [4.78, 5) is 10.5. The van der Waals surface area contributed by atoms with Gasteiger partial charge in [-0.15, -0.1) is 11.6 Å². The Bertz CT molecular complexity index is 440. The molecule has 0 heterocycles. The molecule has 27 heavy (non-hydrogen) atoms. The SMILES string of the molecule is CO[C@H](/C=C/[C@@H]1[C@@H](CCCCCCC(=O)O)[C@H](Cl)C[C@H]1O)CCC[C@@H](C)O. The molecule has 5 nitrogen and oxygen atoms in total. The minimum absolute atomic E-state index is 0.0120. The summed E-state index contributed by atoms with van der Waals surface area (Å²) in [6.07, 6.45) is 11.3. The molecule has 1 rings (SSSR count). The van der Waals surface area contributed by atoms with Gasteiger partial charge < -0.3 is 20.1 Å². The second-order valence-corrected chi connectivity index (χ2v) is 8.41. The van der Waals surface area contributed by atoms with Gasteiger partial charge in [0.25, 0.3) is 0 Å². The van der Waals surface area contributed by atoms with Crippen molar-refractivity contribution < 1.29 is 24.9 Å². The monoisotopic (exact) mass is 404 g/mol. The Hall–Kier alpha value is -0.620. The molecule has 1 fully saturated rings. The summed E-state index contributed by atoms with van der Waals surface area (Å²) in [7, 11) is 1.68. The van der Waals surface area contributed by atoms with Gasteiger partial charge in [-0.05, 0) is 51.4 Å². The van der Waals surface area contributed by atoms with Crippen molar-refractivity contribution in [3.05, 3.63) is 12.2 Å². The van der Waals surface area contributed by atoms with E-state index in [2.05, 4.69) is 6.08 Å². The predicted molar refractivity (Wildman–Crippen MR) is 108 cm³/mol. The molecule has 1 saturated carbocycles. The minimum Gasteiger partial charge on any atom is -0.481 e. The van der Waals surface area contributed by atoms with Crippen LogP contribution in [0, 0.1) is 11.8 Å². The maximum atomic E-state index is 10.5. The van der Waals surface area contributed by atoms with Crippen LogP contribution >= 0.6 is 11.6 Å². The quantitative estimate of drug-likeness (QED) is 0.230. The third-order valence-corrected chi connectivity index (χ3v) is 6.01. The van der Waals surface area contributed by atoms with Crippen molar-refractivity contribution in [1.29, 1.82) is 0 Å². The van der Waals surface area contributed by atoms with Crippen LogP contribution in [0.5, 0.6) is 0 Å². The molecule has 1 aliphatic carbocycles. The first kappa shape index (κ1) is 24.4. The summed E-state index contributed by atoms with van der Waals surface area (Å²) < 4.78 is 5.50. The Labute approximate surface area is 168 Å². The number of aliphatic carboxylic acids is 1. The third kappa shape index (κ3) is 9.93. The Morgan fingerprint density at radius 2 is 1.93 bits per heavy atom. The molecule has 0 bridgehead atoms. The number of hydrogen-bond donors (Lipinski definition) is 3. The molecule has 0 spiro atoms. The van der Waals surface area contributed by atoms with Crippen LogP contribution in [0.2, 0.25) is 0 Å². The van der Waals surface area contributed by atoms with E-state index in [9.17, 15) is 15.0 Å². The molecule has 158 valence electrons. The fourth-order valence-electron chi connectivity index (χ4n) is 3.90. The van der Waals surface area contributed by atoms with Crippen LogP contribution in [-0.2, 0) is 9.53 Å². The number of carboxylic acids is 1. The number of carbonyl (C=O) groups is 1. The van der Waals surface area contributed by atoms with Crippen LogP contribution in [0.3, 0.4) is 0 Å². The van der Waals surface area contributed by atoms with E-state index in [-0.39, 0.29) is 35.8 Å². The van der Waals surface area contributed by atoms with Gasteiger partial charge in [-0.1, -0.05) is 31.4 Å². The number of halogens is 1. The molecular formula is C21H37ClO5. The van der Waals surface area contributed by atoms with E-state index < -0.39 is 12.1 Å². The first-order chi connectivity index (χ1) is 12.8. The van der Waals surface area contributed by atoms with E-state index in [4.69, 9.17) is 21.4 Å². The molecule has 6 atom stereocenters. The van der Waals surface area contributed by atoms with Gasteiger partial charge in [0.15, 0.2) is 0 Å². The van der Waals surface area contributed by atoms with Crippen molar-refractivity contribution in [3.8, 4) is 0 Å². The highest BCUT2D eigenvalue weighted by Crippen LogP contribution is 2.40. The average Bonchev–Trinajstić information content (AvgIpc) is 2.86. The van der Waals surface area contributed by atoms with Gasteiger partial charge in [0.05, 0.1) is 18.3 Å². The van der Waals surface area contributed by atoms with E-state index in [1.54, 1.807) is 14.0 Å². The van der Waals surface area contributed by atoms with E-state index in [1.807, 2.05) is 6.08 Å². The highest BCUT2D eigenvalue weighted by atomic mass is 35.5. The molecule has 1 aliphatic rings. The fraction of sp³-hybridized carbons (Fsp3) is 0.857. The topological polar surface area (TPSA) is 87.0 Å². The van der Waals surface area contributed by atoms with Crippen molar-refractivity contribution >= 4 is 17.6 Å². The largest absolute Gasteiger partial charge is 0.481 e. The van der Waals surface area contributed by atoms with Gasteiger partial charge in [-0.3, -0.25) is 4.79 Å². The Morgan fingerprint density at radius 3 is 2.56 bits per heavy atom. The fourth-order valence-corrected chi connectivity index (χ4v) is 4.38. The van der Waals surface area contributed by atoms with Crippen molar-refractivity contribution in [2.45, 2.75) is 94.8 Å². The van der Waals surface area contributed by atoms with Gasteiger partial charge in [0.1, 0.15) is 0 Å². The Balaban J connectivity index is 2.45. The molecule has 0 aromatic heterocycles. The molecule has 3 N–H and O–H groups in total. The summed E-state index contributed by atoms with van der Waals surface area (Å²) in [6, 6.07) is 0. The van der Waals surface area contributed by atoms with Crippen LogP contribution in [0.15, 0.2) is 12.2 Å². The molecule has 0 radical (unpaired) electrons. The molecule has 0 saturated heterocycles. The molecule has 0 aromatic rings. The lowest BCUT2D eigenvalue weighted by Crippen LogP contribution is -2.20. The lowest BCUT2D eigenvalue weighted by Gasteiger charge is -2.21. The number of hydrogen-bond acceptors (Lipinski definition) is 4. The van der Waals surface area contributed by atoms with Crippen molar-refractivity contribution in [3.63, 3.8) is 0 Å². The minimum atomic E-state index is -0.735. The van der Waals surface area contributed by atoms with Crippen LogP contribution < -0.4 is 0 Å². The first-order valence-corrected chi connectivity index (χ1v) is 10.7. The van der Waals surface area contributed by atoms with E-state index >= 15 is 0 Å². The molecule has 0 amide bonds. The zero-order valence-corrected chi connectivity index (χ0v) is 17.5. The van der Waals surface area contributed by atoms with Gasteiger partial charge in [-0.2, -0.15) is 0 Å². The third-order valence-electron chi connectivity index (χ3n) is 5.51. The van der Waals surface area contributed by atoms with Gasteiger partial charge in [0, 0.05) is 24.8 Å². The second kappa shape index (κ2) is 13.5. The highest BCUT2D eigenvalue weighted by Gasteiger charge is 2.39. The molecule has 0 unspecified atom stereocenters. The van der Waals surface area contributed by atoms with Crippen LogP contribution in [0.25, 0.3) is 0 Å². The number of ether oxygens (including phenoxy) is 1. The van der Waals surface area contributed by atoms with Crippen molar-refractivity contribution in [2.75, 3.05) is 7.11 Å². The number of alkyl halides is 1. The standard InChI is InChI=1S/C21H37ClO5/c1-15(23)8-7-9-16(27-2)12-13-18-17(19(22)14-20(18)24)10-5-3-4-6-11-21(25)26/h12-13,15-20,23-24H,3-11,14H2,1-2H3,(H,25,26)/b13-12+/t15-,16+,17-,18-,19-,20-/m1/s1. The lowest BCUT2D eigenvalue weighted by molar-refractivity contribution is -0.137. The van der Waals surface area contributed by atoms with Crippen LogP contribution in [0.4, 0.5) is 0 Å². The molecule has 0 aromatic carbocycles. The van der Waals surface area contributed by atoms with E-state index in [0.29, 0.717) is 6.42 Å². The second-order valence-electron chi connectivity index (χ2n) is 7.85. The van der Waals surface area contributed by atoms with Gasteiger partial charge in [-0.25, -0.2) is 0 Å². The summed E-state index contributed by atoms with van der Waals surface area (Å²) in [5.41, 5.74) is 0. The molecule has 6 heteroatoms. The van der Waals surface area contributed by atoms with Gasteiger partial charge in [0.2, 0.25) is 0 Å².